The fourth-order valence-corrected chi connectivity index (χ4v) is 3.69. The summed E-state index contributed by atoms with van der Waals surface area (Å²) in [4.78, 5) is 17.2. The number of rotatable bonds is 7. The number of aromatic nitrogens is 1. The van der Waals surface area contributed by atoms with Gasteiger partial charge in [0.05, 0.1) is 25.5 Å². The summed E-state index contributed by atoms with van der Waals surface area (Å²) in [7, 11) is 3.11. The van der Waals surface area contributed by atoms with Gasteiger partial charge in [-0.1, -0.05) is 28.1 Å². The van der Waals surface area contributed by atoms with E-state index in [1.165, 1.54) is 10.8 Å². The molecule has 0 spiro atoms. The first-order chi connectivity index (χ1) is 15.4. The van der Waals surface area contributed by atoms with Gasteiger partial charge >= 0.3 is 0 Å². The Morgan fingerprint density at radius 3 is 2.59 bits per heavy atom. The predicted octanol–water partition coefficient (Wildman–Crippen LogP) is 4.51. The zero-order valence-corrected chi connectivity index (χ0v) is 19.5. The Morgan fingerprint density at radius 2 is 1.94 bits per heavy atom. The van der Waals surface area contributed by atoms with E-state index in [0.717, 1.165) is 10.0 Å². The molecule has 8 heteroatoms. The minimum Gasteiger partial charge on any atom is -0.494 e. The number of halogens is 1. The number of aliphatic imine (C=N–C) groups is 1. The van der Waals surface area contributed by atoms with Crippen LogP contribution in [-0.2, 0) is 13.0 Å². The highest BCUT2D eigenvalue weighted by molar-refractivity contribution is 9.10. The van der Waals surface area contributed by atoms with E-state index in [2.05, 4.69) is 20.9 Å². The largest absolute Gasteiger partial charge is 0.494 e. The number of nitrogens with zero attached hydrogens (tertiary/aromatic N) is 3. The zero-order chi connectivity index (χ0) is 23.3. The maximum atomic E-state index is 12.8. The van der Waals surface area contributed by atoms with Crippen LogP contribution in [0.4, 0.5) is 5.69 Å². The molecule has 1 heterocycles. The van der Waals surface area contributed by atoms with Crippen LogP contribution in [0.3, 0.4) is 0 Å². The van der Waals surface area contributed by atoms with Crippen LogP contribution >= 0.6 is 15.9 Å². The number of benzene rings is 2. The molecular weight excluding hydrogens is 474 g/mol. The van der Waals surface area contributed by atoms with Gasteiger partial charge in [-0.3, -0.25) is 14.4 Å². The maximum absolute atomic E-state index is 12.8. The van der Waals surface area contributed by atoms with Crippen LogP contribution in [0.15, 0.2) is 56.7 Å². The van der Waals surface area contributed by atoms with Crippen molar-refractivity contribution in [3.05, 3.63) is 79.5 Å². The van der Waals surface area contributed by atoms with Crippen LogP contribution in [-0.4, -0.2) is 30.1 Å². The molecule has 0 saturated carbocycles. The summed E-state index contributed by atoms with van der Waals surface area (Å²) in [6.07, 6.45) is 1.91. The zero-order valence-electron chi connectivity index (χ0n) is 17.9. The Bertz CT molecular complexity index is 1280. The second kappa shape index (κ2) is 10.2. The molecule has 0 aliphatic carbocycles. The fraction of sp³-hybridized carbons (Fsp3) is 0.208. The lowest BCUT2D eigenvalue weighted by molar-refractivity contribution is 0.354. The van der Waals surface area contributed by atoms with E-state index >= 15 is 0 Å². The normalized spacial score (nSPS) is 10.8. The molecule has 164 valence electrons. The molecule has 0 unspecified atom stereocenters. The molecule has 1 N–H and O–H groups in total. The lowest BCUT2D eigenvalue weighted by Crippen LogP contribution is -2.26. The van der Waals surface area contributed by atoms with E-state index < -0.39 is 5.56 Å². The van der Waals surface area contributed by atoms with Gasteiger partial charge in [-0.05, 0) is 54.8 Å². The molecule has 0 saturated heterocycles. The highest BCUT2D eigenvalue weighted by Gasteiger charge is 2.18. The number of aryl methyl sites for hydroxylation is 1. The van der Waals surface area contributed by atoms with Gasteiger partial charge in [-0.2, -0.15) is 5.26 Å². The van der Waals surface area contributed by atoms with Crippen molar-refractivity contribution in [1.29, 1.82) is 5.26 Å². The van der Waals surface area contributed by atoms with Gasteiger partial charge < -0.3 is 14.6 Å². The molecule has 0 aliphatic rings. The van der Waals surface area contributed by atoms with Crippen molar-refractivity contribution in [2.75, 3.05) is 14.2 Å². The van der Waals surface area contributed by atoms with E-state index in [9.17, 15) is 15.2 Å². The summed E-state index contributed by atoms with van der Waals surface area (Å²) in [6, 6.07) is 14.8. The van der Waals surface area contributed by atoms with Crippen LogP contribution in [0.2, 0.25) is 0 Å². The third kappa shape index (κ3) is 4.84. The van der Waals surface area contributed by atoms with E-state index in [0.29, 0.717) is 34.7 Å². The number of hydrogen-bond donors (Lipinski definition) is 1. The van der Waals surface area contributed by atoms with E-state index in [4.69, 9.17) is 9.47 Å². The molecule has 2 aromatic carbocycles. The smallest absolute Gasteiger partial charge is 0.271 e. The lowest BCUT2D eigenvalue weighted by atomic mass is 10.1. The van der Waals surface area contributed by atoms with Gasteiger partial charge in [0.25, 0.3) is 5.56 Å². The topological polar surface area (TPSA) is 96.8 Å². The molecule has 0 bridgehead atoms. The first-order valence-electron chi connectivity index (χ1n) is 9.76. The summed E-state index contributed by atoms with van der Waals surface area (Å²) in [6.45, 7) is 1.80. The third-order valence-corrected chi connectivity index (χ3v) is 5.56. The van der Waals surface area contributed by atoms with Crippen molar-refractivity contribution in [1.82, 2.24) is 4.57 Å². The molecule has 7 nitrogen and oxygen atoms in total. The second-order valence-electron chi connectivity index (χ2n) is 6.98. The standard InChI is InChI=1S/C24H22BrN3O4/c1-15-19(13-26)23(29)28(10-9-16-7-8-21(31-2)22(11-16)32-3)24(30)20(15)14-27-18-6-4-5-17(25)12-18/h4-8,11-12,14,30H,9-10H2,1-3H3. The van der Waals surface area contributed by atoms with Gasteiger partial charge in [0, 0.05) is 17.2 Å². The number of nitriles is 1. The Labute approximate surface area is 194 Å². The number of hydrogen-bond acceptors (Lipinski definition) is 6. The van der Waals surface area contributed by atoms with Crippen molar-refractivity contribution in [2.45, 2.75) is 19.9 Å². The number of aromatic hydroxyl groups is 1. The van der Waals surface area contributed by atoms with Crippen molar-refractivity contribution in [3.63, 3.8) is 0 Å². The molecule has 3 rings (SSSR count). The van der Waals surface area contributed by atoms with Crippen LogP contribution < -0.4 is 15.0 Å². The van der Waals surface area contributed by atoms with Gasteiger partial charge in [-0.15, -0.1) is 0 Å². The molecule has 3 aromatic rings. The summed E-state index contributed by atoms with van der Waals surface area (Å²) in [5, 5.41) is 20.4. The van der Waals surface area contributed by atoms with E-state index in [1.54, 1.807) is 27.2 Å². The number of ether oxygens (including phenoxy) is 2. The van der Waals surface area contributed by atoms with Gasteiger partial charge in [0.15, 0.2) is 11.5 Å². The second-order valence-corrected chi connectivity index (χ2v) is 7.90. The van der Waals surface area contributed by atoms with Crippen LogP contribution in [0.5, 0.6) is 17.4 Å². The molecule has 0 radical (unpaired) electrons. The highest BCUT2D eigenvalue weighted by atomic mass is 79.9. The summed E-state index contributed by atoms with van der Waals surface area (Å²) in [5.41, 5.74) is 1.70. The maximum Gasteiger partial charge on any atom is 0.271 e. The van der Waals surface area contributed by atoms with E-state index in [1.807, 2.05) is 42.5 Å². The van der Waals surface area contributed by atoms with Gasteiger partial charge in [0.2, 0.25) is 5.88 Å². The summed E-state index contributed by atoms with van der Waals surface area (Å²) in [5.74, 6) is 0.945. The van der Waals surface area contributed by atoms with Crippen molar-refractivity contribution in [3.8, 4) is 23.4 Å². The lowest BCUT2D eigenvalue weighted by Gasteiger charge is -2.15. The van der Waals surface area contributed by atoms with Crippen molar-refractivity contribution < 1.29 is 14.6 Å². The van der Waals surface area contributed by atoms with Crippen molar-refractivity contribution >= 4 is 27.8 Å². The molecule has 0 amide bonds. The Kier molecular flexibility index (Phi) is 7.33. The van der Waals surface area contributed by atoms with Gasteiger partial charge in [-0.25, -0.2) is 0 Å². The Morgan fingerprint density at radius 1 is 1.19 bits per heavy atom. The summed E-state index contributed by atoms with van der Waals surface area (Å²) >= 11 is 3.39. The first-order valence-corrected chi connectivity index (χ1v) is 10.6. The summed E-state index contributed by atoms with van der Waals surface area (Å²) < 4.78 is 12.6. The monoisotopic (exact) mass is 495 g/mol. The minimum atomic E-state index is -0.539. The molecular formula is C24H22BrN3O4. The third-order valence-electron chi connectivity index (χ3n) is 5.07. The van der Waals surface area contributed by atoms with Gasteiger partial charge in [0.1, 0.15) is 11.6 Å². The van der Waals surface area contributed by atoms with Crippen LogP contribution in [0, 0.1) is 18.3 Å². The fourth-order valence-electron chi connectivity index (χ4n) is 3.31. The quantitative estimate of drug-likeness (QED) is 0.486. The molecule has 1 aromatic heterocycles. The van der Waals surface area contributed by atoms with Crippen molar-refractivity contribution in [2.24, 2.45) is 4.99 Å². The average Bonchev–Trinajstić information content (AvgIpc) is 2.79. The molecule has 0 aliphatic heterocycles. The van der Waals surface area contributed by atoms with Crippen LogP contribution in [0.1, 0.15) is 22.3 Å². The highest BCUT2D eigenvalue weighted by Crippen LogP contribution is 2.28. The Balaban J connectivity index is 1.98. The molecule has 32 heavy (non-hydrogen) atoms. The molecule has 0 fully saturated rings. The first kappa shape index (κ1) is 23.1. The number of pyridine rings is 1. The SMILES string of the molecule is COc1ccc(CCn2c(O)c(C=Nc3cccc(Br)c3)c(C)c(C#N)c2=O)cc1OC. The molecule has 0 atom stereocenters. The predicted molar refractivity (Wildman–Crippen MR) is 126 cm³/mol. The average molecular weight is 496 g/mol. The van der Waals surface area contributed by atoms with Crippen LogP contribution in [0.25, 0.3) is 0 Å². The number of methoxy groups -OCH3 is 2. The van der Waals surface area contributed by atoms with E-state index in [-0.39, 0.29) is 18.0 Å². The minimum absolute atomic E-state index is 0.0224. The Hall–Kier alpha value is -3.57.